The number of nitrogens with one attached hydrogen (secondary N) is 1. The normalized spacial score (nSPS) is 16.9. The van der Waals surface area contributed by atoms with Crippen molar-refractivity contribution in [3.8, 4) is 0 Å². The number of hydrogen-bond donors (Lipinski definition) is 1. The molecule has 2 aromatic heterocycles. The van der Waals surface area contributed by atoms with E-state index in [-0.39, 0.29) is 22.4 Å². The number of anilines is 2. The van der Waals surface area contributed by atoms with E-state index in [2.05, 4.69) is 15.4 Å². The van der Waals surface area contributed by atoms with Crippen molar-refractivity contribution in [2.24, 2.45) is 7.05 Å². The van der Waals surface area contributed by atoms with Crippen LogP contribution in [0, 0.1) is 0 Å². The standard InChI is InChI=1S/C18H15F3N6O3/c1-25-16-10(7-23-25)17(30)26(9-22-16)8-15(29)27-12-5-3-2-4-11(12)24-14(28)6-13(27)18(19,20)21/h2-5,7,9,13H,6,8H2,1H3,(H,24,28). The Morgan fingerprint density at radius 1 is 1.27 bits per heavy atom. The van der Waals surface area contributed by atoms with E-state index in [0.717, 1.165) is 10.9 Å². The van der Waals surface area contributed by atoms with Gasteiger partial charge in [0, 0.05) is 7.05 Å². The number of amides is 2. The molecule has 3 aromatic rings. The second-order valence-electron chi connectivity index (χ2n) is 6.77. The Hall–Kier alpha value is -3.70. The van der Waals surface area contributed by atoms with Crippen molar-refractivity contribution in [1.29, 1.82) is 0 Å². The highest BCUT2D eigenvalue weighted by Gasteiger charge is 2.49. The maximum absolute atomic E-state index is 13.8. The van der Waals surface area contributed by atoms with Gasteiger partial charge < -0.3 is 5.32 Å². The van der Waals surface area contributed by atoms with Gasteiger partial charge in [0.1, 0.15) is 24.3 Å². The highest BCUT2D eigenvalue weighted by Crippen LogP contribution is 2.37. The molecule has 30 heavy (non-hydrogen) atoms. The Kier molecular flexibility index (Phi) is 4.56. The number of fused-ring (bicyclic) bond motifs is 2. The molecular weight excluding hydrogens is 405 g/mol. The number of alkyl halides is 3. The third kappa shape index (κ3) is 3.29. The smallest absolute Gasteiger partial charge is 0.324 e. The molecule has 12 heteroatoms. The van der Waals surface area contributed by atoms with Crippen LogP contribution in [0.4, 0.5) is 24.5 Å². The van der Waals surface area contributed by atoms with Crippen LogP contribution in [0.15, 0.2) is 41.6 Å². The fraction of sp³-hybridized carbons (Fsp3) is 0.278. The highest BCUT2D eigenvalue weighted by atomic mass is 19.4. The first-order chi connectivity index (χ1) is 14.2. The van der Waals surface area contributed by atoms with Crippen LogP contribution in [0.1, 0.15) is 6.42 Å². The Morgan fingerprint density at radius 3 is 2.73 bits per heavy atom. The first kappa shape index (κ1) is 19.6. The van der Waals surface area contributed by atoms with Crippen LogP contribution in [0.5, 0.6) is 0 Å². The van der Waals surface area contributed by atoms with E-state index in [1.807, 2.05) is 0 Å². The Labute approximate surface area is 166 Å². The van der Waals surface area contributed by atoms with Crippen LogP contribution < -0.4 is 15.8 Å². The summed E-state index contributed by atoms with van der Waals surface area (Å²) in [6.07, 6.45) is -3.46. The molecule has 1 N–H and O–H groups in total. The molecule has 2 amide bonds. The van der Waals surface area contributed by atoms with Gasteiger partial charge in [0.25, 0.3) is 5.56 Å². The van der Waals surface area contributed by atoms with Gasteiger partial charge in [-0.3, -0.25) is 28.5 Å². The molecule has 1 atom stereocenters. The third-order valence-electron chi connectivity index (χ3n) is 4.80. The average Bonchev–Trinajstić information content (AvgIpc) is 2.97. The summed E-state index contributed by atoms with van der Waals surface area (Å²) in [5.74, 6) is -1.87. The summed E-state index contributed by atoms with van der Waals surface area (Å²) >= 11 is 0. The average molecular weight is 420 g/mol. The Morgan fingerprint density at radius 2 is 2.00 bits per heavy atom. The van der Waals surface area contributed by atoms with Crippen molar-refractivity contribution in [2.45, 2.75) is 25.2 Å². The van der Waals surface area contributed by atoms with Gasteiger partial charge in [0.15, 0.2) is 5.65 Å². The number of hydrogen-bond acceptors (Lipinski definition) is 5. The largest absolute Gasteiger partial charge is 0.409 e. The summed E-state index contributed by atoms with van der Waals surface area (Å²) in [7, 11) is 1.58. The number of rotatable bonds is 2. The number of carbonyl (C=O) groups excluding carboxylic acids is 2. The maximum Gasteiger partial charge on any atom is 0.409 e. The molecule has 3 heterocycles. The SMILES string of the molecule is Cn1ncc2c(=O)n(CC(=O)N3c4ccccc4NC(=O)CC3C(F)(F)F)cnc21. The van der Waals surface area contributed by atoms with E-state index in [1.165, 1.54) is 35.1 Å². The van der Waals surface area contributed by atoms with Crippen molar-refractivity contribution < 1.29 is 22.8 Å². The molecule has 0 radical (unpaired) electrons. The third-order valence-corrected chi connectivity index (χ3v) is 4.80. The number of nitrogens with zero attached hydrogens (tertiary/aromatic N) is 5. The minimum Gasteiger partial charge on any atom is -0.324 e. The predicted octanol–water partition coefficient (Wildman–Crippen LogP) is 1.44. The molecule has 0 bridgehead atoms. The van der Waals surface area contributed by atoms with Crippen molar-refractivity contribution in [3.63, 3.8) is 0 Å². The first-order valence-electron chi connectivity index (χ1n) is 8.81. The predicted molar refractivity (Wildman–Crippen MR) is 99.8 cm³/mol. The van der Waals surface area contributed by atoms with Gasteiger partial charge >= 0.3 is 6.18 Å². The molecule has 9 nitrogen and oxygen atoms in total. The van der Waals surface area contributed by atoms with Gasteiger partial charge in [-0.1, -0.05) is 12.1 Å². The van der Waals surface area contributed by atoms with E-state index in [9.17, 15) is 27.6 Å². The van der Waals surface area contributed by atoms with Crippen LogP contribution >= 0.6 is 0 Å². The zero-order valence-electron chi connectivity index (χ0n) is 15.6. The van der Waals surface area contributed by atoms with Crippen LogP contribution in [0.25, 0.3) is 11.0 Å². The molecule has 1 aromatic carbocycles. The number of aryl methyl sites for hydroxylation is 1. The second-order valence-corrected chi connectivity index (χ2v) is 6.77. The molecule has 1 aliphatic rings. The van der Waals surface area contributed by atoms with Crippen LogP contribution in [0.3, 0.4) is 0 Å². The maximum atomic E-state index is 13.8. The molecule has 0 spiro atoms. The molecule has 0 saturated carbocycles. The highest BCUT2D eigenvalue weighted by molar-refractivity contribution is 6.04. The molecule has 156 valence electrons. The lowest BCUT2D eigenvalue weighted by atomic mass is 10.1. The number of aromatic nitrogens is 4. The lowest BCUT2D eigenvalue weighted by Gasteiger charge is -2.31. The number of para-hydroxylation sites is 2. The summed E-state index contributed by atoms with van der Waals surface area (Å²) in [4.78, 5) is 42.2. The minimum absolute atomic E-state index is 0.0794. The zero-order chi connectivity index (χ0) is 21.6. The topological polar surface area (TPSA) is 102 Å². The van der Waals surface area contributed by atoms with E-state index in [1.54, 1.807) is 7.05 Å². The fourth-order valence-electron chi connectivity index (χ4n) is 3.40. The summed E-state index contributed by atoms with van der Waals surface area (Å²) < 4.78 is 43.6. The molecule has 0 fully saturated rings. The van der Waals surface area contributed by atoms with Crippen LogP contribution in [-0.4, -0.2) is 43.4 Å². The van der Waals surface area contributed by atoms with Crippen LogP contribution in [-0.2, 0) is 23.2 Å². The molecule has 1 aliphatic heterocycles. The van der Waals surface area contributed by atoms with Gasteiger partial charge in [-0.05, 0) is 12.1 Å². The van der Waals surface area contributed by atoms with E-state index in [4.69, 9.17) is 0 Å². The van der Waals surface area contributed by atoms with Gasteiger partial charge in [-0.2, -0.15) is 18.3 Å². The van der Waals surface area contributed by atoms with Crippen molar-refractivity contribution >= 4 is 34.2 Å². The lowest BCUT2D eigenvalue weighted by molar-refractivity contribution is -0.158. The second kappa shape index (κ2) is 6.97. The zero-order valence-corrected chi connectivity index (χ0v) is 15.6. The minimum atomic E-state index is -4.86. The van der Waals surface area contributed by atoms with E-state index >= 15 is 0 Å². The molecule has 4 rings (SSSR count). The molecule has 1 unspecified atom stereocenters. The van der Waals surface area contributed by atoms with Crippen molar-refractivity contribution in [1.82, 2.24) is 19.3 Å². The van der Waals surface area contributed by atoms with Crippen molar-refractivity contribution in [3.05, 3.63) is 47.1 Å². The number of halogens is 3. The van der Waals surface area contributed by atoms with Crippen molar-refractivity contribution in [2.75, 3.05) is 10.2 Å². The molecule has 0 aliphatic carbocycles. The first-order valence-corrected chi connectivity index (χ1v) is 8.81. The summed E-state index contributed by atoms with van der Waals surface area (Å²) in [6.45, 7) is -0.689. The van der Waals surface area contributed by atoms with E-state index < -0.39 is 42.6 Å². The van der Waals surface area contributed by atoms with Crippen LogP contribution in [0.2, 0.25) is 0 Å². The Balaban J connectivity index is 1.78. The Bertz CT molecular complexity index is 1220. The van der Waals surface area contributed by atoms with Gasteiger partial charge in [-0.25, -0.2) is 4.98 Å². The number of benzene rings is 1. The quantitative estimate of drug-likeness (QED) is 0.676. The fourth-order valence-corrected chi connectivity index (χ4v) is 3.40. The van der Waals surface area contributed by atoms with Gasteiger partial charge in [0.2, 0.25) is 11.8 Å². The number of carbonyl (C=O) groups is 2. The summed E-state index contributed by atoms with van der Waals surface area (Å²) in [6, 6.07) is 3.32. The lowest BCUT2D eigenvalue weighted by Crippen LogP contribution is -2.51. The monoisotopic (exact) mass is 420 g/mol. The van der Waals surface area contributed by atoms with Gasteiger partial charge in [-0.15, -0.1) is 0 Å². The molecule has 0 saturated heterocycles. The molecular formula is C18H15F3N6O3. The summed E-state index contributed by atoms with van der Waals surface area (Å²) in [5, 5.41) is 6.43. The van der Waals surface area contributed by atoms with Gasteiger partial charge in [0.05, 0.1) is 24.0 Å². The van der Waals surface area contributed by atoms with E-state index in [0.29, 0.717) is 4.90 Å². The summed E-state index contributed by atoms with van der Waals surface area (Å²) in [5.41, 5.74) is -0.343.